The van der Waals surface area contributed by atoms with Gasteiger partial charge in [0.2, 0.25) is 10.0 Å². The molecule has 1 aromatic carbocycles. The SMILES string of the molecule is COC1CCN(S(=O)(=O)c2ccc(C(C)(C)C)cc2)C(CN)C1.Cl. The van der Waals surface area contributed by atoms with Gasteiger partial charge in [0.1, 0.15) is 0 Å². The molecule has 1 saturated heterocycles. The monoisotopic (exact) mass is 376 g/mol. The number of sulfonamides is 1. The fourth-order valence-electron chi connectivity index (χ4n) is 3.00. The van der Waals surface area contributed by atoms with Crippen LogP contribution in [-0.2, 0) is 20.2 Å². The van der Waals surface area contributed by atoms with Crippen LogP contribution in [0.4, 0.5) is 0 Å². The van der Waals surface area contributed by atoms with Gasteiger partial charge in [0.25, 0.3) is 0 Å². The summed E-state index contributed by atoms with van der Waals surface area (Å²) >= 11 is 0. The van der Waals surface area contributed by atoms with E-state index in [-0.39, 0.29) is 30.0 Å². The Bertz CT molecular complexity index is 626. The number of nitrogens with two attached hydrogens (primary N) is 1. The van der Waals surface area contributed by atoms with Crippen LogP contribution in [0.3, 0.4) is 0 Å². The highest BCUT2D eigenvalue weighted by molar-refractivity contribution is 7.89. The summed E-state index contributed by atoms with van der Waals surface area (Å²) in [5, 5.41) is 0. The van der Waals surface area contributed by atoms with Crippen molar-refractivity contribution in [2.75, 3.05) is 20.2 Å². The van der Waals surface area contributed by atoms with Crippen LogP contribution in [0.1, 0.15) is 39.2 Å². The number of hydrogen-bond donors (Lipinski definition) is 1. The molecule has 0 saturated carbocycles. The summed E-state index contributed by atoms with van der Waals surface area (Å²) < 4.78 is 32.8. The van der Waals surface area contributed by atoms with Gasteiger partial charge in [0.05, 0.1) is 11.0 Å². The molecule has 1 fully saturated rings. The van der Waals surface area contributed by atoms with E-state index in [1.165, 1.54) is 4.31 Å². The normalized spacial score (nSPS) is 22.9. The number of rotatable bonds is 4. The Morgan fingerprint density at radius 1 is 1.25 bits per heavy atom. The zero-order valence-corrected chi connectivity index (χ0v) is 16.5. The van der Waals surface area contributed by atoms with E-state index in [0.717, 1.165) is 5.56 Å². The molecule has 0 aliphatic carbocycles. The van der Waals surface area contributed by atoms with Gasteiger partial charge in [-0.15, -0.1) is 12.4 Å². The lowest BCUT2D eigenvalue weighted by Crippen LogP contribution is -2.51. The van der Waals surface area contributed by atoms with Crippen LogP contribution < -0.4 is 5.73 Å². The van der Waals surface area contributed by atoms with Crippen molar-refractivity contribution in [2.24, 2.45) is 5.73 Å². The highest BCUT2D eigenvalue weighted by Gasteiger charge is 2.36. The molecule has 1 aliphatic rings. The van der Waals surface area contributed by atoms with E-state index in [4.69, 9.17) is 10.5 Å². The minimum atomic E-state index is -3.52. The second-order valence-corrected chi connectivity index (χ2v) is 9.05. The van der Waals surface area contributed by atoms with Crippen LogP contribution in [0.15, 0.2) is 29.2 Å². The molecule has 0 radical (unpaired) electrons. The Morgan fingerprint density at radius 3 is 2.29 bits per heavy atom. The van der Waals surface area contributed by atoms with Crippen molar-refractivity contribution in [3.8, 4) is 0 Å². The second kappa shape index (κ2) is 8.15. The number of ether oxygens (including phenoxy) is 1. The maximum atomic E-state index is 12.9. The molecule has 2 N–H and O–H groups in total. The predicted molar refractivity (Wildman–Crippen MR) is 99.2 cm³/mol. The Morgan fingerprint density at radius 2 is 1.83 bits per heavy atom. The molecule has 2 unspecified atom stereocenters. The van der Waals surface area contributed by atoms with Gasteiger partial charge in [-0.05, 0) is 36.0 Å². The first-order valence-electron chi connectivity index (χ1n) is 8.05. The van der Waals surface area contributed by atoms with Crippen LogP contribution in [0.25, 0.3) is 0 Å². The number of halogens is 1. The second-order valence-electron chi connectivity index (χ2n) is 7.16. The van der Waals surface area contributed by atoms with E-state index in [1.807, 2.05) is 12.1 Å². The highest BCUT2D eigenvalue weighted by atomic mass is 35.5. The van der Waals surface area contributed by atoms with Gasteiger partial charge in [-0.25, -0.2) is 8.42 Å². The number of hydrogen-bond acceptors (Lipinski definition) is 4. The summed E-state index contributed by atoms with van der Waals surface area (Å²) in [6.07, 6.45) is 1.43. The zero-order chi connectivity index (χ0) is 17.3. The Balaban J connectivity index is 0.00000288. The van der Waals surface area contributed by atoms with Crippen LogP contribution in [0, 0.1) is 0 Å². The lowest BCUT2D eigenvalue weighted by molar-refractivity contribution is 0.0401. The van der Waals surface area contributed by atoms with Gasteiger partial charge < -0.3 is 10.5 Å². The van der Waals surface area contributed by atoms with E-state index >= 15 is 0 Å². The van der Waals surface area contributed by atoms with Crippen LogP contribution >= 0.6 is 12.4 Å². The molecular weight excluding hydrogens is 348 g/mol. The molecule has 0 amide bonds. The zero-order valence-electron chi connectivity index (χ0n) is 14.9. The molecule has 24 heavy (non-hydrogen) atoms. The molecule has 1 aliphatic heterocycles. The quantitative estimate of drug-likeness (QED) is 0.876. The lowest BCUT2D eigenvalue weighted by Gasteiger charge is -2.37. The van der Waals surface area contributed by atoms with E-state index in [0.29, 0.717) is 30.8 Å². The number of benzene rings is 1. The summed E-state index contributed by atoms with van der Waals surface area (Å²) in [6, 6.07) is 6.98. The Hall–Kier alpha value is -0.660. The Labute approximate surface area is 152 Å². The summed E-state index contributed by atoms with van der Waals surface area (Å²) in [4.78, 5) is 0.333. The van der Waals surface area contributed by atoms with Crippen LogP contribution in [-0.4, -0.2) is 45.1 Å². The number of methoxy groups -OCH3 is 1. The van der Waals surface area contributed by atoms with E-state index in [2.05, 4.69) is 20.8 Å². The third kappa shape index (κ3) is 4.49. The number of piperidine rings is 1. The fourth-order valence-corrected chi connectivity index (χ4v) is 4.66. The average Bonchev–Trinajstić information content (AvgIpc) is 2.53. The van der Waals surface area contributed by atoms with Gasteiger partial charge in [0, 0.05) is 26.2 Å². The van der Waals surface area contributed by atoms with E-state index < -0.39 is 10.0 Å². The molecule has 0 spiro atoms. The van der Waals surface area contributed by atoms with Gasteiger partial charge >= 0.3 is 0 Å². The van der Waals surface area contributed by atoms with Crippen molar-refractivity contribution >= 4 is 22.4 Å². The molecule has 1 heterocycles. The molecule has 2 rings (SSSR count). The van der Waals surface area contributed by atoms with Crippen LogP contribution in [0.2, 0.25) is 0 Å². The standard InChI is InChI=1S/C17H28N2O3S.ClH/c1-17(2,3)13-5-7-16(8-6-13)23(20,21)19-10-9-15(22-4)11-14(19)12-18;/h5-8,14-15H,9-12,18H2,1-4H3;1H. The van der Waals surface area contributed by atoms with Gasteiger partial charge in [-0.3, -0.25) is 0 Å². The summed E-state index contributed by atoms with van der Waals surface area (Å²) in [6.45, 7) is 7.08. The largest absolute Gasteiger partial charge is 0.381 e. The van der Waals surface area contributed by atoms with Crippen molar-refractivity contribution in [3.05, 3.63) is 29.8 Å². The molecule has 138 valence electrons. The van der Waals surface area contributed by atoms with Crippen molar-refractivity contribution in [1.29, 1.82) is 0 Å². The minimum absolute atomic E-state index is 0. The average molecular weight is 377 g/mol. The summed E-state index contributed by atoms with van der Waals surface area (Å²) in [7, 11) is -1.86. The van der Waals surface area contributed by atoms with E-state index in [9.17, 15) is 8.42 Å². The molecule has 0 aromatic heterocycles. The highest BCUT2D eigenvalue weighted by Crippen LogP contribution is 2.28. The molecule has 5 nitrogen and oxygen atoms in total. The maximum absolute atomic E-state index is 12.9. The molecule has 7 heteroatoms. The minimum Gasteiger partial charge on any atom is -0.381 e. The summed E-state index contributed by atoms with van der Waals surface area (Å²) in [5.41, 5.74) is 6.92. The topological polar surface area (TPSA) is 72.6 Å². The maximum Gasteiger partial charge on any atom is 0.243 e. The lowest BCUT2D eigenvalue weighted by atomic mass is 9.87. The van der Waals surface area contributed by atoms with Crippen molar-refractivity contribution in [3.63, 3.8) is 0 Å². The van der Waals surface area contributed by atoms with Crippen molar-refractivity contribution in [1.82, 2.24) is 4.31 Å². The van der Waals surface area contributed by atoms with Crippen molar-refractivity contribution < 1.29 is 13.2 Å². The first kappa shape index (κ1) is 21.4. The van der Waals surface area contributed by atoms with E-state index in [1.54, 1.807) is 19.2 Å². The fraction of sp³-hybridized carbons (Fsp3) is 0.647. The molecule has 0 bridgehead atoms. The van der Waals surface area contributed by atoms with Crippen molar-refractivity contribution in [2.45, 2.75) is 56.1 Å². The van der Waals surface area contributed by atoms with Gasteiger partial charge in [-0.1, -0.05) is 32.9 Å². The van der Waals surface area contributed by atoms with Gasteiger partial charge in [-0.2, -0.15) is 4.31 Å². The predicted octanol–water partition coefficient (Wildman–Crippen LogP) is 2.53. The molecular formula is C17H29ClN2O3S. The molecule has 1 aromatic rings. The first-order valence-corrected chi connectivity index (χ1v) is 9.49. The third-order valence-electron chi connectivity index (χ3n) is 4.55. The smallest absolute Gasteiger partial charge is 0.243 e. The summed E-state index contributed by atoms with van der Waals surface area (Å²) in [5.74, 6) is 0. The Kier molecular flexibility index (Phi) is 7.26. The number of nitrogens with zero attached hydrogens (tertiary/aromatic N) is 1. The molecule has 2 atom stereocenters. The first-order chi connectivity index (χ1) is 10.7. The van der Waals surface area contributed by atoms with Gasteiger partial charge in [0.15, 0.2) is 0 Å². The third-order valence-corrected chi connectivity index (χ3v) is 6.51. The van der Waals surface area contributed by atoms with Crippen LogP contribution in [0.5, 0.6) is 0 Å².